The zero-order valence-corrected chi connectivity index (χ0v) is 14.6. The molecule has 0 fully saturated rings. The molecule has 0 amide bonds. The van der Waals surface area contributed by atoms with E-state index in [2.05, 4.69) is 86.4 Å². The van der Waals surface area contributed by atoms with Gasteiger partial charge in [-0.15, -0.1) is 13.2 Å². The van der Waals surface area contributed by atoms with E-state index in [4.69, 9.17) is 0 Å². The Labute approximate surface area is 137 Å². The minimum atomic E-state index is -1.07. The third kappa shape index (κ3) is 2.58. The topological polar surface area (TPSA) is 0 Å². The maximum atomic E-state index is 4.37. The lowest BCUT2D eigenvalue weighted by atomic mass is 9.93. The smallest absolute Gasteiger partial charge is 0.00840 e. The van der Waals surface area contributed by atoms with E-state index in [1.165, 1.54) is 37.9 Å². The summed E-state index contributed by atoms with van der Waals surface area (Å²) in [6.07, 6.45) is 5.47. The van der Waals surface area contributed by atoms with E-state index in [1.807, 2.05) is 0 Å². The van der Waals surface area contributed by atoms with Crippen LogP contribution in [0.2, 0.25) is 0 Å². The molecule has 23 heavy (non-hydrogen) atoms. The van der Waals surface area contributed by atoms with Crippen LogP contribution in [0.1, 0.15) is 5.56 Å². The molecule has 1 heteroatoms. The van der Waals surface area contributed by atoms with Crippen molar-refractivity contribution in [3.8, 4) is 0 Å². The molecule has 0 aliphatic carbocycles. The van der Waals surface area contributed by atoms with E-state index in [0.29, 0.717) is 0 Å². The van der Waals surface area contributed by atoms with Gasteiger partial charge in [0.1, 0.15) is 0 Å². The molecule has 0 N–H and O–H groups in total. The molecule has 0 saturated heterocycles. The summed E-state index contributed by atoms with van der Waals surface area (Å²) in [5.41, 5.74) is 1.41. The van der Waals surface area contributed by atoms with Gasteiger partial charge >= 0.3 is 0 Å². The summed E-state index contributed by atoms with van der Waals surface area (Å²) in [6.45, 7) is 3.53. The molecule has 0 aliphatic rings. The van der Waals surface area contributed by atoms with Gasteiger partial charge in [0.25, 0.3) is 0 Å². The van der Waals surface area contributed by atoms with E-state index in [0.717, 1.165) is 6.16 Å². The number of benzene rings is 4. The summed E-state index contributed by atoms with van der Waals surface area (Å²) >= 11 is 0. The molecule has 4 rings (SSSR count). The molecule has 0 spiro atoms. The van der Waals surface area contributed by atoms with Crippen LogP contribution in [-0.4, -0.2) is 19.6 Å². The van der Waals surface area contributed by atoms with Crippen molar-refractivity contribution < 1.29 is 0 Å². The summed E-state index contributed by atoms with van der Waals surface area (Å²) in [4.78, 5) is 0. The van der Waals surface area contributed by atoms with Crippen LogP contribution in [0.15, 0.2) is 66.7 Å². The number of hydrogen-bond acceptors (Lipinski definition) is 0. The summed E-state index contributed by atoms with van der Waals surface area (Å²) in [6, 6.07) is 24.5. The van der Waals surface area contributed by atoms with Gasteiger partial charge in [-0.2, -0.15) is 0 Å². The third-order valence-corrected chi connectivity index (χ3v) is 5.64. The van der Waals surface area contributed by atoms with E-state index in [1.54, 1.807) is 0 Å². The largest absolute Gasteiger partial charge is 0.114 e. The molecule has 0 radical (unpaired) electrons. The predicted octanol–water partition coefficient (Wildman–Crippen LogP) is 6.36. The van der Waals surface area contributed by atoms with Crippen molar-refractivity contribution in [1.82, 2.24) is 0 Å². The number of rotatable bonds is 2. The Hall–Kier alpha value is -2.04. The summed E-state index contributed by atoms with van der Waals surface area (Å²) in [7, 11) is 0. The summed E-state index contributed by atoms with van der Waals surface area (Å²) in [5.74, 6) is 0. The van der Waals surface area contributed by atoms with Crippen LogP contribution in [0.25, 0.3) is 32.3 Å². The van der Waals surface area contributed by atoms with Crippen molar-refractivity contribution in [2.75, 3.05) is 13.3 Å². The highest BCUT2D eigenvalue weighted by molar-refractivity contribution is 7.71. The minimum Gasteiger partial charge on any atom is -0.114 e. The van der Waals surface area contributed by atoms with Crippen molar-refractivity contribution in [3.05, 3.63) is 72.3 Å². The lowest BCUT2D eigenvalue weighted by molar-refractivity contribution is 1.42. The second-order valence-corrected chi connectivity index (χ2v) is 11.3. The highest BCUT2D eigenvalue weighted by Crippen LogP contribution is 2.41. The number of fused-ring (bicyclic) bond motifs is 6. The van der Waals surface area contributed by atoms with Crippen LogP contribution < -0.4 is 0 Å². The Morgan fingerprint density at radius 2 is 1.09 bits per heavy atom. The highest BCUT2D eigenvalue weighted by Gasteiger charge is 2.09. The van der Waals surface area contributed by atoms with E-state index in [9.17, 15) is 0 Å². The molecular formula is C22H21P. The molecule has 114 valence electrons. The van der Waals surface area contributed by atoms with Gasteiger partial charge in [-0.05, 0) is 57.4 Å². The third-order valence-electron chi connectivity index (χ3n) is 4.42. The van der Waals surface area contributed by atoms with Crippen molar-refractivity contribution in [2.45, 2.75) is 6.16 Å². The van der Waals surface area contributed by atoms with Crippen LogP contribution in [0.3, 0.4) is 0 Å². The first-order chi connectivity index (χ1) is 11.0. The average molecular weight is 316 g/mol. The molecule has 4 aromatic carbocycles. The van der Waals surface area contributed by atoms with Gasteiger partial charge in [-0.25, -0.2) is 0 Å². The van der Waals surface area contributed by atoms with Crippen molar-refractivity contribution in [2.24, 2.45) is 0 Å². The normalized spacial score (nSPS) is 12.3. The predicted molar refractivity (Wildman–Crippen MR) is 109 cm³/mol. The Kier molecular flexibility index (Phi) is 3.32. The lowest BCUT2D eigenvalue weighted by Gasteiger charge is -2.15. The van der Waals surface area contributed by atoms with Crippen LogP contribution >= 0.6 is 6.89 Å². The molecule has 0 unspecified atom stereocenters. The zero-order chi connectivity index (χ0) is 16.0. The fourth-order valence-electron chi connectivity index (χ4n) is 3.55. The molecule has 0 heterocycles. The highest BCUT2D eigenvalue weighted by atomic mass is 31.2. The summed E-state index contributed by atoms with van der Waals surface area (Å²) in [5, 5.41) is 8.10. The number of hydrogen-bond donors (Lipinski definition) is 0. The van der Waals surface area contributed by atoms with Gasteiger partial charge in [0.05, 0.1) is 0 Å². The van der Waals surface area contributed by atoms with Crippen LogP contribution in [-0.2, 0) is 6.16 Å². The van der Waals surface area contributed by atoms with Gasteiger partial charge in [0.15, 0.2) is 0 Å². The molecule has 0 aromatic heterocycles. The fourth-order valence-corrected chi connectivity index (χ4v) is 4.73. The first-order valence-corrected chi connectivity index (χ1v) is 11.1. The van der Waals surface area contributed by atoms with Crippen molar-refractivity contribution in [3.63, 3.8) is 0 Å². The van der Waals surface area contributed by atoms with Crippen molar-refractivity contribution >= 4 is 45.5 Å². The maximum absolute atomic E-state index is 4.37. The summed E-state index contributed by atoms with van der Waals surface area (Å²) < 4.78 is 0. The second-order valence-electron chi connectivity index (χ2n) is 7.06. The van der Waals surface area contributed by atoms with E-state index in [-0.39, 0.29) is 0 Å². The molecule has 4 aromatic rings. The SMILES string of the molecule is C=P(C)(C)Cc1ccc2c3ccccc3c3ccccc3c2c1. The van der Waals surface area contributed by atoms with Crippen LogP contribution in [0, 0.1) is 0 Å². The van der Waals surface area contributed by atoms with Crippen LogP contribution in [0.5, 0.6) is 0 Å². The van der Waals surface area contributed by atoms with Crippen LogP contribution in [0.4, 0.5) is 0 Å². The zero-order valence-electron chi connectivity index (χ0n) is 13.7. The Morgan fingerprint density at radius 3 is 1.57 bits per heavy atom. The van der Waals surface area contributed by atoms with Crippen molar-refractivity contribution in [1.29, 1.82) is 0 Å². The maximum Gasteiger partial charge on any atom is -0.00840 e. The van der Waals surface area contributed by atoms with E-state index < -0.39 is 6.89 Å². The quantitative estimate of drug-likeness (QED) is 0.298. The molecule has 0 atom stereocenters. The molecular weight excluding hydrogens is 295 g/mol. The Morgan fingerprint density at radius 1 is 0.652 bits per heavy atom. The second kappa shape index (κ2) is 5.25. The Balaban J connectivity index is 2.15. The standard InChI is InChI=1S/C22H21P/c1-23(2,3)15-16-12-13-21-19-10-5-4-8-17(19)18-9-6-7-11-20(18)22(21)14-16/h4-14H,1,15H2,2-3H3. The van der Waals surface area contributed by atoms with Gasteiger partial charge < -0.3 is 0 Å². The minimum absolute atomic E-state index is 1.07. The average Bonchev–Trinajstić information content (AvgIpc) is 2.53. The van der Waals surface area contributed by atoms with Gasteiger partial charge in [-0.1, -0.05) is 66.7 Å². The molecule has 0 bridgehead atoms. The first-order valence-electron chi connectivity index (χ1n) is 8.02. The van der Waals surface area contributed by atoms with Gasteiger partial charge in [0, 0.05) is 0 Å². The first kappa shape index (κ1) is 14.5. The fraction of sp³-hybridized carbons (Fsp3) is 0.136. The van der Waals surface area contributed by atoms with E-state index >= 15 is 0 Å². The van der Waals surface area contributed by atoms with Gasteiger partial charge in [0.2, 0.25) is 0 Å². The molecule has 0 aliphatic heterocycles. The lowest BCUT2D eigenvalue weighted by Crippen LogP contribution is -1.88. The Bertz CT molecular complexity index is 1050. The monoisotopic (exact) mass is 316 g/mol. The molecule has 0 saturated carbocycles. The van der Waals surface area contributed by atoms with Gasteiger partial charge in [-0.3, -0.25) is 0 Å². The molecule has 0 nitrogen and oxygen atoms in total.